The standard InChI is InChI=1S/C13H24N2O/c1-2-13(14-12-3-4-12)9-15(6-1)8-11-5-7-16-10-11/h11-14H,1-10H2. The summed E-state index contributed by atoms with van der Waals surface area (Å²) >= 11 is 0. The van der Waals surface area contributed by atoms with Gasteiger partial charge in [0.25, 0.3) is 0 Å². The van der Waals surface area contributed by atoms with Crippen molar-refractivity contribution in [3.63, 3.8) is 0 Å². The summed E-state index contributed by atoms with van der Waals surface area (Å²) < 4.78 is 5.46. The molecule has 0 amide bonds. The van der Waals surface area contributed by atoms with Gasteiger partial charge in [-0.2, -0.15) is 0 Å². The first kappa shape index (κ1) is 11.0. The fourth-order valence-electron chi connectivity index (χ4n) is 3.03. The maximum Gasteiger partial charge on any atom is 0.0507 e. The Bertz CT molecular complexity index is 224. The summed E-state index contributed by atoms with van der Waals surface area (Å²) in [5.41, 5.74) is 0. The van der Waals surface area contributed by atoms with E-state index in [0.29, 0.717) is 0 Å². The molecule has 0 aromatic rings. The second-order valence-electron chi connectivity index (χ2n) is 5.77. The van der Waals surface area contributed by atoms with Crippen molar-refractivity contribution < 1.29 is 4.74 Å². The van der Waals surface area contributed by atoms with Crippen LogP contribution in [0.3, 0.4) is 0 Å². The predicted molar refractivity (Wildman–Crippen MR) is 64.5 cm³/mol. The first-order chi connectivity index (χ1) is 7.90. The van der Waals surface area contributed by atoms with Crippen LogP contribution in [-0.4, -0.2) is 49.8 Å². The van der Waals surface area contributed by atoms with Gasteiger partial charge in [0.1, 0.15) is 0 Å². The van der Waals surface area contributed by atoms with Crippen LogP contribution in [0, 0.1) is 5.92 Å². The molecule has 0 aromatic carbocycles. The third kappa shape index (κ3) is 2.96. The third-order valence-corrected chi connectivity index (χ3v) is 4.09. The quantitative estimate of drug-likeness (QED) is 0.777. The molecule has 0 spiro atoms. The van der Waals surface area contributed by atoms with Crippen LogP contribution < -0.4 is 5.32 Å². The van der Waals surface area contributed by atoms with Crippen molar-refractivity contribution in [2.45, 2.75) is 44.2 Å². The van der Waals surface area contributed by atoms with Crippen LogP contribution in [-0.2, 0) is 4.74 Å². The molecule has 0 bridgehead atoms. The highest BCUT2D eigenvalue weighted by Gasteiger charge is 2.28. The van der Waals surface area contributed by atoms with Gasteiger partial charge in [-0.05, 0) is 44.6 Å². The number of ether oxygens (including phenoxy) is 1. The summed E-state index contributed by atoms with van der Waals surface area (Å²) in [5.74, 6) is 0.805. The molecule has 2 unspecified atom stereocenters. The molecule has 3 rings (SSSR count). The largest absolute Gasteiger partial charge is 0.381 e. The number of nitrogens with zero attached hydrogens (tertiary/aromatic N) is 1. The Morgan fingerprint density at radius 3 is 2.81 bits per heavy atom. The van der Waals surface area contributed by atoms with Crippen LogP contribution in [0.25, 0.3) is 0 Å². The van der Waals surface area contributed by atoms with E-state index in [1.807, 2.05) is 0 Å². The highest BCUT2D eigenvalue weighted by Crippen LogP contribution is 2.23. The van der Waals surface area contributed by atoms with Gasteiger partial charge in [0.2, 0.25) is 0 Å². The molecule has 3 nitrogen and oxygen atoms in total. The first-order valence-electron chi connectivity index (χ1n) is 6.96. The zero-order valence-corrected chi connectivity index (χ0v) is 10.2. The summed E-state index contributed by atoms with van der Waals surface area (Å²) in [7, 11) is 0. The van der Waals surface area contributed by atoms with Crippen molar-refractivity contribution in [1.82, 2.24) is 10.2 Å². The summed E-state index contributed by atoms with van der Waals surface area (Å²) in [6, 6.07) is 1.63. The van der Waals surface area contributed by atoms with Gasteiger partial charge in [-0.15, -0.1) is 0 Å². The smallest absolute Gasteiger partial charge is 0.0507 e. The molecule has 3 heteroatoms. The number of likely N-dealkylation sites (tertiary alicyclic amines) is 1. The van der Waals surface area contributed by atoms with E-state index in [1.165, 1.54) is 51.7 Å². The normalized spacial score (nSPS) is 36.8. The molecule has 92 valence electrons. The highest BCUT2D eigenvalue weighted by atomic mass is 16.5. The Morgan fingerprint density at radius 1 is 1.12 bits per heavy atom. The molecule has 16 heavy (non-hydrogen) atoms. The second-order valence-corrected chi connectivity index (χ2v) is 5.77. The van der Waals surface area contributed by atoms with E-state index in [2.05, 4.69) is 10.2 Å². The zero-order chi connectivity index (χ0) is 10.8. The molecule has 1 N–H and O–H groups in total. The number of nitrogens with one attached hydrogen (secondary N) is 1. The molecule has 1 aliphatic carbocycles. The average Bonchev–Trinajstić information content (AvgIpc) is 2.94. The summed E-state index contributed by atoms with van der Waals surface area (Å²) in [4.78, 5) is 2.66. The van der Waals surface area contributed by atoms with E-state index in [1.54, 1.807) is 0 Å². The molecule has 1 saturated carbocycles. The Labute approximate surface area is 98.5 Å². The van der Waals surface area contributed by atoms with Gasteiger partial charge in [-0.1, -0.05) is 0 Å². The molecule has 2 heterocycles. The molecule has 2 atom stereocenters. The fraction of sp³-hybridized carbons (Fsp3) is 1.00. The molecular weight excluding hydrogens is 200 g/mol. The van der Waals surface area contributed by atoms with Crippen molar-refractivity contribution >= 4 is 0 Å². The zero-order valence-electron chi connectivity index (χ0n) is 10.2. The number of hydrogen-bond donors (Lipinski definition) is 1. The van der Waals surface area contributed by atoms with Gasteiger partial charge in [0.15, 0.2) is 0 Å². The second kappa shape index (κ2) is 5.03. The average molecular weight is 224 g/mol. The molecular formula is C13H24N2O. The van der Waals surface area contributed by atoms with Crippen LogP contribution in [0.4, 0.5) is 0 Å². The number of hydrogen-bond acceptors (Lipinski definition) is 3. The fourth-order valence-corrected chi connectivity index (χ4v) is 3.03. The van der Waals surface area contributed by atoms with Gasteiger partial charge in [-0.3, -0.25) is 0 Å². The molecule has 3 fully saturated rings. The third-order valence-electron chi connectivity index (χ3n) is 4.09. The van der Waals surface area contributed by atoms with E-state index >= 15 is 0 Å². The van der Waals surface area contributed by atoms with Crippen LogP contribution in [0.15, 0.2) is 0 Å². The Hall–Kier alpha value is -0.120. The maximum absolute atomic E-state index is 5.46. The van der Waals surface area contributed by atoms with Gasteiger partial charge in [0.05, 0.1) is 6.61 Å². The molecule has 0 radical (unpaired) electrons. The van der Waals surface area contributed by atoms with E-state index in [9.17, 15) is 0 Å². The lowest BCUT2D eigenvalue weighted by molar-refractivity contribution is 0.143. The molecule has 0 aromatic heterocycles. The Kier molecular flexibility index (Phi) is 3.46. The summed E-state index contributed by atoms with van der Waals surface area (Å²) in [6.45, 7) is 5.83. The van der Waals surface area contributed by atoms with Crippen molar-refractivity contribution in [2.75, 3.05) is 32.8 Å². The SMILES string of the molecule is C1CC(NC2CC2)CN(CC2CCOC2)C1. The maximum atomic E-state index is 5.46. The van der Waals surface area contributed by atoms with Crippen molar-refractivity contribution in [3.05, 3.63) is 0 Å². The number of piperidine rings is 1. The minimum absolute atomic E-state index is 0.767. The van der Waals surface area contributed by atoms with Crippen molar-refractivity contribution in [3.8, 4) is 0 Å². The minimum Gasteiger partial charge on any atom is -0.381 e. The monoisotopic (exact) mass is 224 g/mol. The summed E-state index contributed by atoms with van der Waals surface area (Å²) in [6.07, 6.45) is 6.85. The van der Waals surface area contributed by atoms with E-state index in [4.69, 9.17) is 4.74 Å². The van der Waals surface area contributed by atoms with Gasteiger partial charge in [-0.25, -0.2) is 0 Å². The van der Waals surface area contributed by atoms with E-state index in [0.717, 1.165) is 31.2 Å². The topological polar surface area (TPSA) is 24.5 Å². The number of rotatable bonds is 4. The van der Waals surface area contributed by atoms with E-state index < -0.39 is 0 Å². The lowest BCUT2D eigenvalue weighted by Crippen LogP contribution is -2.47. The van der Waals surface area contributed by atoms with Crippen molar-refractivity contribution in [1.29, 1.82) is 0 Å². The van der Waals surface area contributed by atoms with Crippen molar-refractivity contribution in [2.24, 2.45) is 5.92 Å². The molecule has 2 saturated heterocycles. The van der Waals surface area contributed by atoms with Gasteiger partial charge < -0.3 is 15.0 Å². The van der Waals surface area contributed by atoms with E-state index in [-0.39, 0.29) is 0 Å². The lowest BCUT2D eigenvalue weighted by atomic mass is 10.0. The van der Waals surface area contributed by atoms with Crippen LogP contribution in [0.2, 0.25) is 0 Å². The van der Waals surface area contributed by atoms with Crippen LogP contribution >= 0.6 is 0 Å². The molecule has 3 aliphatic rings. The highest BCUT2D eigenvalue weighted by molar-refractivity contribution is 4.88. The minimum atomic E-state index is 0.767. The first-order valence-corrected chi connectivity index (χ1v) is 6.96. The van der Waals surface area contributed by atoms with Crippen LogP contribution in [0.5, 0.6) is 0 Å². The van der Waals surface area contributed by atoms with Gasteiger partial charge in [0, 0.05) is 31.8 Å². The lowest BCUT2D eigenvalue weighted by Gasteiger charge is -2.34. The predicted octanol–water partition coefficient (Wildman–Crippen LogP) is 1.24. The summed E-state index contributed by atoms with van der Waals surface area (Å²) in [5, 5.41) is 3.77. The Morgan fingerprint density at radius 2 is 2.06 bits per heavy atom. The Balaban J connectivity index is 1.43. The van der Waals surface area contributed by atoms with Gasteiger partial charge >= 0.3 is 0 Å². The molecule has 2 aliphatic heterocycles. The van der Waals surface area contributed by atoms with Crippen LogP contribution in [0.1, 0.15) is 32.1 Å².